The number of benzene rings is 6. The van der Waals surface area contributed by atoms with Gasteiger partial charge < -0.3 is 0 Å². The minimum Gasteiger partial charge on any atom is -0.0620 e. The van der Waals surface area contributed by atoms with Crippen molar-refractivity contribution in [2.45, 2.75) is 0 Å². The Bertz CT molecular complexity index is 1320. The molecule has 0 saturated carbocycles. The number of hydrogen-bond acceptors (Lipinski definition) is 0. The van der Waals surface area contributed by atoms with Crippen LogP contribution in [0.4, 0.5) is 0 Å². The molecule has 0 saturated heterocycles. The predicted molar refractivity (Wildman–Crippen MR) is 192 cm³/mol. The van der Waals surface area contributed by atoms with Gasteiger partial charge in [0.1, 0.15) is 58.7 Å². The third-order valence-corrected chi connectivity index (χ3v) is 17.2. The minimum atomic E-state index is -1.98. The van der Waals surface area contributed by atoms with Gasteiger partial charge in [-0.05, 0) is 72.8 Å². The Morgan fingerprint density at radius 3 is 0.581 bits per heavy atom. The van der Waals surface area contributed by atoms with E-state index in [0.29, 0.717) is 12.9 Å². The van der Waals surface area contributed by atoms with E-state index >= 15 is 0 Å². The average Bonchev–Trinajstić information content (AvgIpc) is 3.10. The van der Waals surface area contributed by atoms with Crippen LogP contribution >= 0.6 is 34.8 Å². The number of rotatable bonds is 9. The molecule has 0 fully saturated rings. The van der Waals surface area contributed by atoms with Crippen molar-refractivity contribution in [3.8, 4) is 0 Å². The molecule has 5 heteroatoms. The van der Waals surface area contributed by atoms with Gasteiger partial charge >= 0.3 is 33.2 Å². The first kappa shape index (κ1) is 31.7. The zero-order valence-corrected chi connectivity index (χ0v) is 28.1. The van der Waals surface area contributed by atoms with Gasteiger partial charge in [0.2, 0.25) is 0 Å². The van der Waals surface area contributed by atoms with Crippen molar-refractivity contribution in [3.05, 3.63) is 182 Å². The Hall–Kier alpha value is -2.73. The molecule has 43 heavy (non-hydrogen) atoms. The number of halogens is 2. The fourth-order valence-corrected chi connectivity index (χ4v) is 15.9. The van der Waals surface area contributed by atoms with E-state index in [1.54, 1.807) is 0 Å². The predicted octanol–water partition coefficient (Wildman–Crippen LogP) is 8.35. The van der Waals surface area contributed by atoms with E-state index in [1.807, 2.05) is 0 Å². The van der Waals surface area contributed by atoms with Crippen LogP contribution in [0.5, 0.6) is 0 Å². The van der Waals surface area contributed by atoms with Crippen molar-refractivity contribution in [3.63, 3.8) is 0 Å². The maximum Gasteiger partial charge on any atom is 0.115 e. The fraction of sp³-hybridized carbons (Fsp3) is 0.0526. The topological polar surface area (TPSA) is 0 Å². The van der Waals surface area contributed by atoms with Crippen LogP contribution in [0.15, 0.2) is 182 Å². The van der Waals surface area contributed by atoms with Gasteiger partial charge in [0, 0.05) is 0 Å². The second kappa shape index (κ2) is 15.8. The number of hydrogen-bond donors (Lipinski definition) is 0. The molecule has 0 bridgehead atoms. The summed E-state index contributed by atoms with van der Waals surface area (Å²) in [5.41, 5.74) is 0. The summed E-state index contributed by atoms with van der Waals surface area (Å²) in [5.74, 6) is 0. The van der Waals surface area contributed by atoms with E-state index in [1.165, 1.54) is 31.8 Å². The molecule has 0 radical (unpaired) electrons. The van der Waals surface area contributed by atoms with Crippen LogP contribution in [0.3, 0.4) is 0 Å². The zero-order valence-electron chi connectivity index (χ0n) is 23.7. The molecule has 0 aromatic heterocycles. The Morgan fingerprint density at radius 2 is 0.442 bits per heavy atom. The molecule has 0 nitrogen and oxygen atoms in total. The molecule has 0 atom stereocenters. The zero-order chi connectivity index (χ0) is 29.8. The van der Waals surface area contributed by atoms with Gasteiger partial charge in [-0.25, -0.2) is 0 Å². The summed E-state index contributed by atoms with van der Waals surface area (Å²) in [4.78, 5) is 0. The molecule has 217 valence electrons. The Morgan fingerprint density at radius 1 is 0.302 bits per heavy atom. The fourth-order valence-electron chi connectivity index (χ4n) is 6.06. The third kappa shape index (κ3) is 7.00. The van der Waals surface area contributed by atoms with Crippen molar-refractivity contribution >= 4 is 66.6 Å². The summed E-state index contributed by atoms with van der Waals surface area (Å²) in [6, 6.07) is 67.8. The van der Waals surface area contributed by atoms with Crippen LogP contribution in [0.2, 0.25) is 0 Å². The molecule has 0 aliphatic carbocycles. The third-order valence-electron chi connectivity index (χ3n) is 7.95. The van der Waals surface area contributed by atoms with E-state index < -0.39 is 14.5 Å². The molecule has 6 aromatic rings. The van der Waals surface area contributed by atoms with Crippen molar-refractivity contribution in [2.24, 2.45) is 0 Å². The van der Waals surface area contributed by atoms with Crippen LogP contribution in [-0.2, 0) is 12.9 Å². The monoisotopic (exact) mass is 681 g/mol. The molecular weight excluding hydrogens is 648 g/mol. The molecule has 6 rings (SSSR count). The summed E-state index contributed by atoms with van der Waals surface area (Å²) in [6.45, 7) is 0. The van der Waals surface area contributed by atoms with E-state index in [9.17, 15) is 0 Å². The largest absolute Gasteiger partial charge is 0.115 e. The summed E-state index contributed by atoms with van der Waals surface area (Å²) < 4.78 is 0. The molecule has 0 aliphatic heterocycles. The molecule has 0 aliphatic rings. The summed E-state index contributed by atoms with van der Waals surface area (Å²) in [6.07, 6.45) is 2.16. The first-order valence-electron chi connectivity index (χ1n) is 14.2. The van der Waals surface area contributed by atoms with Gasteiger partial charge in [-0.2, -0.15) is 0 Å². The normalized spacial score (nSPS) is 11.4. The van der Waals surface area contributed by atoms with Crippen molar-refractivity contribution in [1.82, 2.24) is 0 Å². The average molecular weight is 682 g/mol. The van der Waals surface area contributed by atoms with Gasteiger partial charge in [0.15, 0.2) is 0 Å². The van der Waals surface area contributed by atoms with Gasteiger partial charge in [0.05, 0.1) is 0 Å². The van der Waals surface area contributed by atoms with Crippen LogP contribution in [0.25, 0.3) is 0 Å². The molecular formula is C38H34Cl2CoP2+2. The van der Waals surface area contributed by atoms with Gasteiger partial charge in [-0.1, -0.05) is 109 Å². The van der Waals surface area contributed by atoms with E-state index in [4.69, 9.17) is 20.3 Å². The molecule has 6 aromatic carbocycles. The minimum absolute atomic E-state index is 0.382. The standard InChI is InChI=1S/C38H34P2.2ClH.Co/c1-7-19-33(20-8-1)39(34-21-9-2-10-22-34,35-23-11-3-12-24-35)31-32-40(36-25-13-4-14-26-36,37-27-15-5-16-28-37)38-29-17-6-18-30-38;;;/h1-30H,31-32H2;2*1H;/q+2;;;+2/p-2. The van der Waals surface area contributed by atoms with Gasteiger partial charge in [-0.15, -0.1) is 0 Å². The van der Waals surface area contributed by atoms with Crippen LogP contribution < -0.4 is 31.8 Å². The Balaban J connectivity index is 0.00000118. The van der Waals surface area contributed by atoms with E-state index in [2.05, 4.69) is 182 Å². The van der Waals surface area contributed by atoms with Gasteiger partial charge in [-0.3, -0.25) is 0 Å². The summed E-state index contributed by atoms with van der Waals surface area (Å²) >= 11 is 0.382. The Labute approximate surface area is 272 Å². The molecule has 0 spiro atoms. The maximum absolute atomic E-state index is 4.73. The van der Waals surface area contributed by atoms with E-state index in [0.717, 1.165) is 12.3 Å². The maximum atomic E-state index is 4.73. The van der Waals surface area contributed by atoms with Crippen molar-refractivity contribution in [1.29, 1.82) is 0 Å². The molecule has 0 unspecified atom stereocenters. The first-order chi connectivity index (χ1) is 21.3. The quantitative estimate of drug-likeness (QED) is 0.135. The summed E-state index contributed by atoms with van der Waals surface area (Å²) in [7, 11) is 5.50. The van der Waals surface area contributed by atoms with Crippen LogP contribution in [0, 0.1) is 0 Å². The molecule has 0 N–H and O–H groups in total. The van der Waals surface area contributed by atoms with E-state index in [-0.39, 0.29) is 0 Å². The van der Waals surface area contributed by atoms with Crippen LogP contribution in [-0.4, -0.2) is 12.3 Å². The molecule has 0 amide bonds. The molecule has 0 heterocycles. The summed E-state index contributed by atoms with van der Waals surface area (Å²) in [5, 5.41) is 8.66. The SMILES string of the molecule is [Cl][Co][Cl].c1ccc([P+](CC[P+](c2ccccc2)(c2ccccc2)c2ccccc2)(c2ccccc2)c2ccccc2)cc1. The first-order valence-corrected chi connectivity index (χ1v) is 21.0. The smallest absolute Gasteiger partial charge is 0.0620 e. The second-order valence-electron chi connectivity index (χ2n) is 10.1. The second-order valence-corrected chi connectivity index (χ2v) is 19.1. The van der Waals surface area contributed by atoms with Gasteiger partial charge in [0.25, 0.3) is 0 Å². The van der Waals surface area contributed by atoms with Crippen LogP contribution in [0.1, 0.15) is 0 Å². The van der Waals surface area contributed by atoms with Crippen molar-refractivity contribution < 1.29 is 12.9 Å². The van der Waals surface area contributed by atoms with Crippen molar-refractivity contribution in [2.75, 3.05) is 12.3 Å². The Kier molecular flexibility index (Phi) is 11.7.